The van der Waals surface area contributed by atoms with Crippen LogP contribution in [0.4, 0.5) is 5.69 Å². The molecule has 0 amide bonds. The molecule has 1 aromatic carbocycles. The summed E-state index contributed by atoms with van der Waals surface area (Å²) in [5.41, 5.74) is -0.0413. The molecule has 0 heterocycles. The molecule has 0 N–H and O–H groups in total. The molecule has 0 saturated carbocycles. The molecule has 0 atom stereocenters. The molecule has 0 saturated heterocycles. The van der Waals surface area contributed by atoms with E-state index in [-0.39, 0.29) is 11.4 Å². The molecule has 0 aromatic heterocycles. The topological polar surface area (TPSA) is 64.8 Å². The van der Waals surface area contributed by atoms with Gasteiger partial charge in [-0.3, -0.25) is 10.1 Å². The van der Waals surface area contributed by atoms with Gasteiger partial charge in [0, 0.05) is 18.7 Å². The van der Waals surface area contributed by atoms with Crippen molar-refractivity contribution in [1.82, 2.24) is 4.90 Å². The fourth-order valence-electron chi connectivity index (χ4n) is 1.71. The Kier molecular flexibility index (Phi) is 6.08. The van der Waals surface area contributed by atoms with Gasteiger partial charge in [-0.1, -0.05) is 13.8 Å². The Morgan fingerprint density at radius 1 is 1.32 bits per heavy atom. The molecule has 0 aliphatic heterocycles. The highest BCUT2D eigenvalue weighted by Crippen LogP contribution is 2.30. The lowest BCUT2D eigenvalue weighted by Crippen LogP contribution is -2.28. The molecule has 0 aliphatic rings. The van der Waals surface area contributed by atoms with Gasteiger partial charge in [-0.15, -0.1) is 0 Å². The second-order valence-corrected chi connectivity index (χ2v) is 3.97. The first-order chi connectivity index (χ1) is 9.12. The SMILES string of the molecule is CCN(CC)CCOc1cc(OC)ccc1[N+](=O)[O-]. The molecule has 0 aliphatic carbocycles. The lowest BCUT2D eigenvalue weighted by atomic mass is 10.3. The monoisotopic (exact) mass is 268 g/mol. The number of nitro benzene ring substituents is 1. The molecule has 6 heteroatoms. The zero-order valence-corrected chi connectivity index (χ0v) is 11.6. The zero-order valence-electron chi connectivity index (χ0n) is 11.6. The summed E-state index contributed by atoms with van der Waals surface area (Å²) in [7, 11) is 1.51. The van der Waals surface area contributed by atoms with E-state index < -0.39 is 4.92 Å². The van der Waals surface area contributed by atoms with Gasteiger partial charge >= 0.3 is 5.69 Å². The second-order valence-electron chi connectivity index (χ2n) is 3.97. The summed E-state index contributed by atoms with van der Waals surface area (Å²) >= 11 is 0. The molecular formula is C13H20N2O4. The van der Waals surface area contributed by atoms with Crippen LogP contribution in [-0.2, 0) is 0 Å². The molecule has 0 unspecified atom stereocenters. The van der Waals surface area contributed by atoms with Crippen LogP contribution < -0.4 is 9.47 Å². The summed E-state index contributed by atoms with van der Waals surface area (Å²) in [4.78, 5) is 12.6. The highest BCUT2D eigenvalue weighted by atomic mass is 16.6. The first-order valence-electron chi connectivity index (χ1n) is 6.29. The van der Waals surface area contributed by atoms with Gasteiger partial charge in [0.25, 0.3) is 0 Å². The Morgan fingerprint density at radius 3 is 2.53 bits per heavy atom. The van der Waals surface area contributed by atoms with Crippen LogP contribution in [0.25, 0.3) is 0 Å². The van der Waals surface area contributed by atoms with Crippen LogP contribution in [0.15, 0.2) is 18.2 Å². The minimum Gasteiger partial charge on any atom is -0.497 e. The van der Waals surface area contributed by atoms with Crippen LogP contribution in [0, 0.1) is 10.1 Å². The van der Waals surface area contributed by atoms with Crippen LogP contribution in [0.3, 0.4) is 0 Å². The van der Waals surface area contributed by atoms with Crippen molar-refractivity contribution < 1.29 is 14.4 Å². The van der Waals surface area contributed by atoms with E-state index in [1.165, 1.54) is 13.2 Å². The Morgan fingerprint density at radius 2 is 2.00 bits per heavy atom. The molecule has 0 bridgehead atoms. The van der Waals surface area contributed by atoms with Crippen molar-refractivity contribution in [2.75, 3.05) is 33.4 Å². The van der Waals surface area contributed by atoms with Gasteiger partial charge in [-0.05, 0) is 19.2 Å². The summed E-state index contributed by atoms with van der Waals surface area (Å²) in [6.45, 7) is 7.15. The summed E-state index contributed by atoms with van der Waals surface area (Å²) in [5, 5.41) is 10.9. The van der Waals surface area contributed by atoms with Crippen molar-refractivity contribution in [3.8, 4) is 11.5 Å². The van der Waals surface area contributed by atoms with Crippen molar-refractivity contribution in [1.29, 1.82) is 0 Å². The summed E-state index contributed by atoms with van der Waals surface area (Å²) in [5.74, 6) is 0.792. The van der Waals surface area contributed by atoms with E-state index in [2.05, 4.69) is 18.7 Å². The standard InChI is InChI=1S/C13H20N2O4/c1-4-14(5-2)8-9-19-13-10-11(18-3)6-7-12(13)15(16)17/h6-7,10H,4-5,8-9H2,1-3H3. The van der Waals surface area contributed by atoms with Crippen LogP contribution >= 0.6 is 0 Å². The number of hydrogen-bond acceptors (Lipinski definition) is 5. The fraction of sp³-hybridized carbons (Fsp3) is 0.538. The molecule has 19 heavy (non-hydrogen) atoms. The van der Waals surface area contributed by atoms with Gasteiger partial charge < -0.3 is 14.4 Å². The molecule has 106 valence electrons. The summed E-state index contributed by atoms with van der Waals surface area (Å²) < 4.78 is 10.6. The van der Waals surface area contributed by atoms with E-state index in [0.29, 0.717) is 12.4 Å². The van der Waals surface area contributed by atoms with Crippen molar-refractivity contribution >= 4 is 5.69 Å². The Hall–Kier alpha value is -1.82. The molecule has 1 aromatic rings. The van der Waals surface area contributed by atoms with Gasteiger partial charge in [0.05, 0.1) is 12.0 Å². The largest absolute Gasteiger partial charge is 0.497 e. The minimum atomic E-state index is -0.452. The van der Waals surface area contributed by atoms with Gasteiger partial charge in [0.2, 0.25) is 5.75 Å². The predicted molar refractivity (Wildman–Crippen MR) is 72.9 cm³/mol. The fourth-order valence-corrected chi connectivity index (χ4v) is 1.71. The van der Waals surface area contributed by atoms with Crippen molar-refractivity contribution in [3.63, 3.8) is 0 Å². The minimum absolute atomic E-state index is 0.0413. The highest BCUT2D eigenvalue weighted by molar-refractivity contribution is 5.50. The van der Waals surface area contributed by atoms with E-state index in [1.54, 1.807) is 12.1 Å². The van der Waals surface area contributed by atoms with Crippen LogP contribution in [0.5, 0.6) is 11.5 Å². The number of methoxy groups -OCH3 is 1. The third-order valence-electron chi connectivity index (χ3n) is 2.92. The van der Waals surface area contributed by atoms with E-state index in [1.807, 2.05) is 0 Å². The van der Waals surface area contributed by atoms with Gasteiger partial charge in [-0.2, -0.15) is 0 Å². The smallest absolute Gasteiger partial charge is 0.311 e. The molecule has 0 spiro atoms. The zero-order chi connectivity index (χ0) is 14.3. The maximum Gasteiger partial charge on any atom is 0.311 e. The number of rotatable bonds is 8. The third kappa shape index (κ3) is 4.40. The quantitative estimate of drug-likeness (QED) is 0.534. The molecular weight excluding hydrogens is 248 g/mol. The number of nitro groups is 1. The van der Waals surface area contributed by atoms with Crippen molar-refractivity contribution in [3.05, 3.63) is 28.3 Å². The van der Waals surface area contributed by atoms with E-state index in [0.717, 1.165) is 19.6 Å². The Balaban J connectivity index is 2.72. The second kappa shape index (κ2) is 7.58. The normalized spacial score (nSPS) is 10.5. The maximum atomic E-state index is 10.9. The van der Waals surface area contributed by atoms with Crippen LogP contribution in [-0.4, -0.2) is 43.2 Å². The number of ether oxygens (including phenoxy) is 2. The maximum absolute atomic E-state index is 10.9. The molecule has 1 rings (SSSR count). The average molecular weight is 268 g/mol. The Labute approximate surface area is 113 Å². The van der Waals surface area contributed by atoms with E-state index in [9.17, 15) is 10.1 Å². The molecule has 0 fully saturated rings. The lowest BCUT2D eigenvalue weighted by Gasteiger charge is -2.18. The number of nitrogens with zero attached hydrogens (tertiary/aromatic N) is 2. The number of likely N-dealkylation sites (N-methyl/N-ethyl adjacent to an activating group) is 1. The molecule has 0 radical (unpaired) electrons. The van der Waals surface area contributed by atoms with Crippen molar-refractivity contribution in [2.24, 2.45) is 0 Å². The summed E-state index contributed by atoms with van der Waals surface area (Å²) in [6, 6.07) is 4.49. The summed E-state index contributed by atoms with van der Waals surface area (Å²) in [6.07, 6.45) is 0. The number of hydrogen-bond donors (Lipinski definition) is 0. The van der Waals surface area contributed by atoms with Crippen molar-refractivity contribution in [2.45, 2.75) is 13.8 Å². The van der Waals surface area contributed by atoms with Gasteiger partial charge in [0.1, 0.15) is 12.4 Å². The predicted octanol–water partition coefficient (Wildman–Crippen LogP) is 2.32. The van der Waals surface area contributed by atoms with E-state index in [4.69, 9.17) is 9.47 Å². The Bertz CT molecular complexity index is 419. The van der Waals surface area contributed by atoms with E-state index >= 15 is 0 Å². The van der Waals surface area contributed by atoms with Gasteiger partial charge in [0.15, 0.2) is 0 Å². The number of benzene rings is 1. The first kappa shape index (κ1) is 15.2. The first-order valence-corrected chi connectivity index (χ1v) is 6.29. The van der Waals surface area contributed by atoms with Crippen LogP contribution in [0.2, 0.25) is 0 Å². The van der Waals surface area contributed by atoms with Gasteiger partial charge in [-0.25, -0.2) is 0 Å². The highest BCUT2D eigenvalue weighted by Gasteiger charge is 2.16. The van der Waals surface area contributed by atoms with Crippen LogP contribution in [0.1, 0.15) is 13.8 Å². The lowest BCUT2D eigenvalue weighted by molar-refractivity contribution is -0.385. The third-order valence-corrected chi connectivity index (χ3v) is 2.92. The average Bonchev–Trinajstić information content (AvgIpc) is 2.43. The molecule has 6 nitrogen and oxygen atoms in total.